The lowest BCUT2D eigenvalue weighted by Gasteiger charge is -2.31. The van der Waals surface area contributed by atoms with Gasteiger partial charge in [-0.25, -0.2) is 4.68 Å². The summed E-state index contributed by atoms with van der Waals surface area (Å²) in [7, 11) is 1.65. The molecule has 4 nitrogen and oxygen atoms in total. The number of anilines is 1. The predicted molar refractivity (Wildman–Crippen MR) is 86.1 cm³/mol. The van der Waals surface area contributed by atoms with Crippen molar-refractivity contribution in [3.8, 4) is 0 Å². The maximum absolute atomic E-state index is 12.0. The highest BCUT2D eigenvalue weighted by atomic mass is 79.9. The Morgan fingerprint density at radius 2 is 2.10 bits per heavy atom. The largest absolute Gasteiger partial charge is 0.364 e. The van der Waals surface area contributed by atoms with Crippen molar-refractivity contribution < 1.29 is 0 Å². The summed E-state index contributed by atoms with van der Waals surface area (Å²) >= 11 is 7.00. The van der Waals surface area contributed by atoms with Gasteiger partial charge in [0.2, 0.25) is 0 Å². The molecule has 0 saturated heterocycles. The van der Waals surface area contributed by atoms with Gasteiger partial charge < -0.3 is 4.90 Å². The minimum absolute atomic E-state index is 0.109. The number of hydrogen-bond donors (Lipinski definition) is 0. The fraction of sp³-hybridized carbons (Fsp3) is 0.286. The van der Waals surface area contributed by atoms with Crippen molar-refractivity contribution in [2.24, 2.45) is 7.05 Å². The highest BCUT2D eigenvalue weighted by Crippen LogP contribution is 2.30. The summed E-state index contributed by atoms with van der Waals surface area (Å²) < 4.78 is 3.08. The van der Waals surface area contributed by atoms with Crippen molar-refractivity contribution in [1.29, 1.82) is 0 Å². The monoisotopic (exact) mass is 397 g/mol. The van der Waals surface area contributed by atoms with E-state index in [-0.39, 0.29) is 5.56 Å². The highest BCUT2D eigenvalue weighted by Gasteiger charge is 2.21. The van der Waals surface area contributed by atoms with Gasteiger partial charge in [-0.15, -0.1) is 0 Å². The summed E-state index contributed by atoms with van der Waals surface area (Å²) in [4.78, 5) is 14.1. The van der Waals surface area contributed by atoms with Crippen LogP contribution in [0.5, 0.6) is 0 Å². The molecule has 0 bridgehead atoms. The number of benzene rings is 1. The van der Waals surface area contributed by atoms with Crippen LogP contribution in [-0.4, -0.2) is 16.3 Å². The molecule has 6 heteroatoms. The minimum Gasteiger partial charge on any atom is -0.364 e. The van der Waals surface area contributed by atoms with Crippen LogP contribution in [0.1, 0.15) is 11.1 Å². The number of hydrogen-bond acceptors (Lipinski definition) is 3. The zero-order chi connectivity index (χ0) is 14.3. The van der Waals surface area contributed by atoms with Gasteiger partial charge in [0.1, 0.15) is 4.47 Å². The summed E-state index contributed by atoms with van der Waals surface area (Å²) in [5, 5.41) is 4.11. The molecule has 0 saturated carbocycles. The zero-order valence-corrected chi connectivity index (χ0v) is 14.1. The third kappa shape index (κ3) is 2.31. The average molecular weight is 399 g/mol. The topological polar surface area (TPSA) is 38.1 Å². The van der Waals surface area contributed by atoms with Crippen LogP contribution in [0.3, 0.4) is 0 Å². The van der Waals surface area contributed by atoms with E-state index in [1.54, 1.807) is 13.2 Å². The molecule has 0 spiro atoms. The summed E-state index contributed by atoms with van der Waals surface area (Å²) in [5.41, 5.74) is 3.40. The fourth-order valence-corrected chi connectivity index (χ4v) is 3.71. The van der Waals surface area contributed by atoms with Crippen LogP contribution >= 0.6 is 31.9 Å². The minimum atomic E-state index is -0.109. The molecule has 3 rings (SSSR count). The van der Waals surface area contributed by atoms with E-state index < -0.39 is 0 Å². The normalized spacial score (nSPS) is 14.2. The lowest BCUT2D eigenvalue weighted by atomic mass is 10.00. The lowest BCUT2D eigenvalue weighted by molar-refractivity contribution is 0.680. The number of aromatic nitrogens is 2. The number of nitrogens with zero attached hydrogens (tertiary/aromatic N) is 3. The van der Waals surface area contributed by atoms with Crippen LogP contribution in [0.2, 0.25) is 0 Å². The van der Waals surface area contributed by atoms with Crippen molar-refractivity contribution in [3.63, 3.8) is 0 Å². The van der Waals surface area contributed by atoms with Gasteiger partial charge >= 0.3 is 0 Å². The van der Waals surface area contributed by atoms with E-state index in [2.05, 4.69) is 54.0 Å². The van der Waals surface area contributed by atoms with Crippen molar-refractivity contribution >= 4 is 37.5 Å². The van der Waals surface area contributed by atoms with Crippen molar-refractivity contribution in [2.45, 2.75) is 13.0 Å². The molecule has 1 aromatic carbocycles. The first-order valence-corrected chi connectivity index (χ1v) is 7.89. The van der Waals surface area contributed by atoms with Crippen LogP contribution in [0.4, 0.5) is 5.69 Å². The summed E-state index contributed by atoms with van der Waals surface area (Å²) in [6.45, 7) is 1.67. The Morgan fingerprint density at radius 3 is 2.90 bits per heavy atom. The molecular weight excluding hydrogens is 386 g/mol. The third-order valence-corrected chi connectivity index (χ3v) is 5.10. The van der Waals surface area contributed by atoms with E-state index in [0.29, 0.717) is 4.47 Å². The molecule has 0 aliphatic carbocycles. The second kappa shape index (κ2) is 5.33. The van der Waals surface area contributed by atoms with Gasteiger partial charge in [-0.05, 0) is 39.5 Å². The van der Waals surface area contributed by atoms with Crippen molar-refractivity contribution in [2.75, 3.05) is 11.4 Å². The van der Waals surface area contributed by atoms with Gasteiger partial charge in [-0.1, -0.05) is 28.1 Å². The van der Waals surface area contributed by atoms with E-state index in [1.807, 2.05) is 6.07 Å². The van der Waals surface area contributed by atoms with Gasteiger partial charge in [0, 0.05) is 24.6 Å². The maximum atomic E-state index is 12.0. The molecule has 0 unspecified atom stereocenters. The predicted octanol–water partition coefficient (Wildman–Crippen LogP) is 2.87. The molecule has 104 valence electrons. The first kappa shape index (κ1) is 13.8. The highest BCUT2D eigenvalue weighted by molar-refractivity contribution is 9.10. The Morgan fingerprint density at radius 1 is 1.30 bits per heavy atom. The van der Waals surface area contributed by atoms with E-state index in [1.165, 1.54) is 15.8 Å². The van der Waals surface area contributed by atoms with Gasteiger partial charge in [0.15, 0.2) is 0 Å². The molecule has 20 heavy (non-hydrogen) atoms. The molecule has 1 aliphatic heterocycles. The molecular formula is C14H13Br2N3O. The van der Waals surface area contributed by atoms with Crippen LogP contribution in [-0.2, 0) is 20.0 Å². The molecule has 0 radical (unpaired) electrons. The van der Waals surface area contributed by atoms with E-state index >= 15 is 0 Å². The number of rotatable bonds is 1. The van der Waals surface area contributed by atoms with E-state index in [0.717, 1.165) is 29.7 Å². The first-order chi connectivity index (χ1) is 9.58. The Bertz CT molecular complexity index is 727. The number of halogens is 2. The first-order valence-electron chi connectivity index (χ1n) is 6.31. The van der Waals surface area contributed by atoms with Gasteiger partial charge in [-0.3, -0.25) is 4.79 Å². The average Bonchev–Trinajstić information content (AvgIpc) is 2.45. The molecule has 1 aliphatic rings. The Balaban J connectivity index is 1.99. The standard InChI is InChI=1S/C14H13Br2N3O/c1-18-14(20)13(16)12(7-17-18)19-6-5-10-9(8-19)3-2-4-11(10)15/h2-4,7H,5-6,8H2,1H3. The van der Waals surface area contributed by atoms with Crippen LogP contribution in [0.15, 0.2) is 38.1 Å². The van der Waals surface area contributed by atoms with Gasteiger partial charge in [-0.2, -0.15) is 5.10 Å². The molecule has 0 N–H and O–H groups in total. The van der Waals surface area contributed by atoms with Gasteiger partial charge in [0.25, 0.3) is 5.56 Å². The molecule has 0 atom stereocenters. The van der Waals surface area contributed by atoms with Crippen molar-refractivity contribution in [1.82, 2.24) is 9.78 Å². The van der Waals surface area contributed by atoms with Crippen LogP contribution in [0, 0.1) is 0 Å². The molecule has 2 aromatic rings. The third-order valence-electron chi connectivity index (χ3n) is 3.61. The van der Waals surface area contributed by atoms with Crippen LogP contribution < -0.4 is 10.5 Å². The molecule has 2 heterocycles. The van der Waals surface area contributed by atoms with E-state index in [9.17, 15) is 4.79 Å². The SMILES string of the molecule is Cn1ncc(N2CCc3c(Br)cccc3C2)c(Br)c1=O. The maximum Gasteiger partial charge on any atom is 0.282 e. The Hall–Kier alpha value is -1.14. The lowest BCUT2D eigenvalue weighted by Crippen LogP contribution is -2.33. The number of aryl methyl sites for hydroxylation is 1. The van der Waals surface area contributed by atoms with E-state index in [4.69, 9.17) is 0 Å². The van der Waals surface area contributed by atoms with Crippen LogP contribution in [0.25, 0.3) is 0 Å². The summed E-state index contributed by atoms with van der Waals surface area (Å²) in [6, 6.07) is 6.25. The van der Waals surface area contributed by atoms with Gasteiger partial charge in [0.05, 0.1) is 11.9 Å². The second-order valence-corrected chi connectivity index (χ2v) is 6.47. The zero-order valence-electron chi connectivity index (χ0n) is 10.9. The molecule has 0 fully saturated rings. The quantitative estimate of drug-likeness (QED) is 0.741. The van der Waals surface area contributed by atoms with Crippen molar-refractivity contribution in [3.05, 3.63) is 54.8 Å². The summed E-state index contributed by atoms with van der Waals surface area (Å²) in [5.74, 6) is 0. The number of fused-ring (bicyclic) bond motifs is 1. The Kier molecular flexibility index (Phi) is 3.69. The summed E-state index contributed by atoms with van der Waals surface area (Å²) in [6.07, 6.45) is 2.70. The molecule has 1 aromatic heterocycles. The second-order valence-electron chi connectivity index (χ2n) is 4.82. The smallest absolute Gasteiger partial charge is 0.282 e. The fourth-order valence-electron chi connectivity index (χ4n) is 2.49. The molecule has 0 amide bonds. The Labute approximate surface area is 133 Å².